The molecular formula is C26H22N4O5. The Bertz CT molecular complexity index is 1430. The van der Waals surface area contributed by atoms with Crippen LogP contribution in [0.25, 0.3) is 11.0 Å². The highest BCUT2D eigenvalue weighted by molar-refractivity contribution is 6.08. The highest BCUT2D eigenvalue weighted by atomic mass is 16.6. The van der Waals surface area contributed by atoms with Crippen LogP contribution in [0, 0.1) is 16.0 Å². The fourth-order valence-corrected chi connectivity index (χ4v) is 4.59. The molecule has 4 aromatic rings. The van der Waals surface area contributed by atoms with Gasteiger partial charge in [0.25, 0.3) is 5.69 Å². The Morgan fingerprint density at radius 1 is 1.06 bits per heavy atom. The van der Waals surface area contributed by atoms with E-state index in [1.807, 2.05) is 59.2 Å². The number of rotatable bonds is 6. The molecule has 9 nitrogen and oxygen atoms in total. The second kappa shape index (κ2) is 9.02. The maximum absolute atomic E-state index is 13.9. The largest absolute Gasteiger partial charge is 0.465 e. The molecule has 0 bridgehead atoms. The number of non-ortho nitro benzene ring substituents is 1. The van der Waals surface area contributed by atoms with E-state index in [1.54, 1.807) is 19.1 Å². The number of nitro benzene ring substituents is 1. The van der Waals surface area contributed by atoms with Crippen LogP contribution in [0.1, 0.15) is 24.1 Å². The minimum absolute atomic E-state index is 0.0977. The van der Waals surface area contributed by atoms with E-state index in [0.29, 0.717) is 22.5 Å². The van der Waals surface area contributed by atoms with Crippen molar-refractivity contribution in [3.05, 3.63) is 100 Å². The maximum Gasteiger partial charge on any atom is 0.321 e. The molecule has 3 aromatic carbocycles. The Kier molecular flexibility index (Phi) is 5.74. The van der Waals surface area contributed by atoms with Gasteiger partial charge in [-0.05, 0) is 30.2 Å². The van der Waals surface area contributed by atoms with E-state index in [0.717, 1.165) is 5.56 Å². The maximum atomic E-state index is 13.9. The molecule has 0 N–H and O–H groups in total. The fourth-order valence-electron chi connectivity index (χ4n) is 4.59. The normalized spacial score (nSPS) is 17.3. The zero-order chi connectivity index (χ0) is 24.5. The van der Waals surface area contributed by atoms with Gasteiger partial charge in [0.05, 0.1) is 35.2 Å². The Balaban J connectivity index is 1.76. The van der Waals surface area contributed by atoms with Crippen LogP contribution in [0.2, 0.25) is 0 Å². The molecule has 35 heavy (non-hydrogen) atoms. The summed E-state index contributed by atoms with van der Waals surface area (Å²) in [5.74, 6) is -2.02. The number of nitro groups is 1. The first-order valence-electron chi connectivity index (χ1n) is 11.2. The molecule has 1 aromatic heterocycles. The van der Waals surface area contributed by atoms with Crippen molar-refractivity contribution in [3.63, 3.8) is 0 Å². The van der Waals surface area contributed by atoms with E-state index in [9.17, 15) is 19.7 Å². The van der Waals surface area contributed by atoms with E-state index >= 15 is 0 Å². The van der Waals surface area contributed by atoms with Gasteiger partial charge < -0.3 is 9.30 Å². The predicted molar refractivity (Wildman–Crippen MR) is 129 cm³/mol. The Morgan fingerprint density at radius 2 is 1.80 bits per heavy atom. The molecule has 2 heterocycles. The van der Waals surface area contributed by atoms with Crippen LogP contribution in [-0.4, -0.2) is 33.0 Å². The Hall–Kier alpha value is -4.53. The lowest BCUT2D eigenvalue weighted by atomic mass is 9.89. The summed E-state index contributed by atoms with van der Waals surface area (Å²) in [6, 6.07) is 21.9. The van der Waals surface area contributed by atoms with Gasteiger partial charge in [-0.1, -0.05) is 54.6 Å². The van der Waals surface area contributed by atoms with E-state index < -0.39 is 28.8 Å². The molecule has 0 saturated carbocycles. The summed E-state index contributed by atoms with van der Waals surface area (Å²) in [6.45, 7) is 1.98. The molecule has 1 aliphatic rings. The average Bonchev–Trinajstić information content (AvgIpc) is 3.25. The highest BCUT2D eigenvalue weighted by Gasteiger charge is 2.48. The van der Waals surface area contributed by atoms with Gasteiger partial charge in [-0.2, -0.15) is 0 Å². The van der Waals surface area contributed by atoms with Gasteiger partial charge in [0.2, 0.25) is 11.9 Å². The second-order valence-corrected chi connectivity index (χ2v) is 8.21. The van der Waals surface area contributed by atoms with Crippen molar-refractivity contribution in [1.82, 2.24) is 9.55 Å². The van der Waals surface area contributed by atoms with Gasteiger partial charge in [0, 0.05) is 12.1 Å². The first-order valence-corrected chi connectivity index (χ1v) is 11.2. The van der Waals surface area contributed by atoms with Crippen molar-refractivity contribution in [1.29, 1.82) is 0 Å². The van der Waals surface area contributed by atoms with E-state index in [-0.39, 0.29) is 18.8 Å². The van der Waals surface area contributed by atoms with Gasteiger partial charge in [-0.3, -0.25) is 24.6 Å². The van der Waals surface area contributed by atoms with Crippen molar-refractivity contribution in [2.45, 2.75) is 19.5 Å². The summed E-state index contributed by atoms with van der Waals surface area (Å²) in [7, 11) is 0. The molecule has 0 spiro atoms. The third kappa shape index (κ3) is 3.90. The topological polar surface area (TPSA) is 108 Å². The van der Waals surface area contributed by atoms with Crippen LogP contribution in [0.15, 0.2) is 78.9 Å². The van der Waals surface area contributed by atoms with Gasteiger partial charge in [0.15, 0.2) is 5.92 Å². The van der Waals surface area contributed by atoms with Gasteiger partial charge in [-0.25, -0.2) is 4.98 Å². The smallest absolute Gasteiger partial charge is 0.321 e. The number of aromatic nitrogens is 2. The molecular weight excluding hydrogens is 448 g/mol. The van der Waals surface area contributed by atoms with Crippen LogP contribution in [0.5, 0.6) is 0 Å². The molecule has 5 rings (SSSR count). The first-order chi connectivity index (χ1) is 17.0. The van der Waals surface area contributed by atoms with Crippen molar-refractivity contribution in [2.24, 2.45) is 5.92 Å². The zero-order valence-electron chi connectivity index (χ0n) is 18.9. The number of hydrogen-bond donors (Lipinski definition) is 0. The SMILES string of the molecule is CCOC(=O)[C@H]1C(=O)N(Cc2ccccc2)c2nc3ccccc3n2[C@H]1c1cccc([N+](=O)[O-])c1. The first kappa shape index (κ1) is 22.3. The zero-order valence-corrected chi connectivity index (χ0v) is 18.9. The summed E-state index contributed by atoms with van der Waals surface area (Å²) in [5, 5.41) is 11.5. The predicted octanol–water partition coefficient (Wildman–Crippen LogP) is 4.26. The number of benzene rings is 3. The molecule has 0 unspecified atom stereocenters. The van der Waals surface area contributed by atoms with E-state index in [1.165, 1.54) is 17.0 Å². The number of ether oxygens (including phenoxy) is 1. The Labute approximate surface area is 200 Å². The number of carbonyl (C=O) groups is 2. The molecule has 0 fully saturated rings. The summed E-state index contributed by atoms with van der Waals surface area (Å²) in [6.07, 6.45) is 0. The van der Waals surface area contributed by atoms with Crippen LogP contribution in [0.4, 0.5) is 11.6 Å². The second-order valence-electron chi connectivity index (χ2n) is 8.21. The summed E-state index contributed by atoms with van der Waals surface area (Å²) >= 11 is 0. The van der Waals surface area contributed by atoms with E-state index in [2.05, 4.69) is 0 Å². The molecule has 0 aliphatic carbocycles. The van der Waals surface area contributed by atoms with Gasteiger partial charge in [0.1, 0.15) is 0 Å². The lowest BCUT2D eigenvalue weighted by molar-refractivity contribution is -0.384. The quantitative estimate of drug-likeness (QED) is 0.180. The summed E-state index contributed by atoms with van der Waals surface area (Å²) in [4.78, 5) is 44.4. The van der Waals surface area contributed by atoms with Crippen molar-refractivity contribution in [3.8, 4) is 0 Å². The summed E-state index contributed by atoms with van der Waals surface area (Å²) < 4.78 is 7.15. The number of nitrogens with zero attached hydrogens (tertiary/aromatic N) is 4. The number of para-hydroxylation sites is 2. The number of fused-ring (bicyclic) bond motifs is 3. The molecule has 2 atom stereocenters. The van der Waals surface area contributed by atoms with Crippen LogP contribution in [0.3, 0.4) is 0 Å². The van der Waals surface area contributed by atoms with Crippen molar-refractivity contribution in [2.75, 3.05) is 11.5 Å². The Morgan fingerprint density at radius 3 is 2.54 bits per heavy atom. The van der Waals surface area contributed by atoms with Gasteiger partial charge >= 0.3 is 5.97 Å². The molecule has 0 radical (unpaired) electrons. The number of carbonyl (C=O) groups excluding carboxylic acids is 2. The number of amides is 1. The minimum Gasteiger partial charge on any atom is -0.465 e. The third-order valence-electron chi connectivity index (χ3n) is 6.09. The van der Waals surface area contributed by atoms with Crippen LogP contribution < -0.4 is 4.90 Å². The van der Waals surface area contributed by atoms with Crippen LogP contribution >= 0.6 is 0 Å². The third-order valence-corrected chi connectivity index (χ3v) is 6.09. The molecule has 1 amide bonds. The van der Waals surface area contributed by atoms with Crippen LogP contribution in [-0.2, 0) is 20.9 Å². The minimum atomic E-state index is -1.24. The van der Waals surface area contributed by atoms with Crippen molar-refractivity contribution < 1.29 is 19.2 Å². The summed E-state index contributed by atoms with van der Waals surface area (Å²) in [5.41, 5.74) is 2.55. The average molecular weight is 470 g/mol. The van der Waals surface area contributed by atoms with E-state index in [4.69, 9.17) is 9.72 Å². The standard InChI is InChI=1S/C26H22N4O5/c1-2-35-25(32)22-23(18-11-8-12-19(15-18)30(33)34)29-21-14-7-6-13-20(21)27-26(29)28(24(22)31)16-17-9-4-3-5-10-17/h3-15,22-23H,2,16H2,1H3/t22-,23+/m1/s1. The number of hydrogen-bond acceptors (Lipinski definition) is 6. The van der Waals surface area contributed by atoms with Gasteiger partial charge in [-0.15, -0.1) is 0 Å². The molecule has 1 aliphatic heterocycles. The fraction of sp³-hybridized carbons (Fsp3) is 0.192. The number of anilines is 1. The lowest BCUT2D eigenvalue weighted by Gasteiger charge is -2.37. The molecule has 176 valence electrons. The molecule has 0 saturated heterocycles. The molecule has 9 heteroatoms. The van der Waals surface area contributed by atoms with Crippen molar-refractivity contribution >= 4 is 34.5 Å². The number of imidazole rings is 1. The monoisotopic (exact) mass is 470 g/mol. The lowest BCUT2D eigenvalue weighted by Crippen LogP contribution is -2.49. The highest BCUT2D eigenvalue weighted by Crippen LogP contribution is 2.42. The number of esters is 1.